The number of carbonyl (C=O) groups is 1. The first kappa shape index (κ1) is 27.9. The maximum Gasteiger partial charge on any atom is 0.319 e. The van der Waals surface area contributed by atoms with Gasteiger partial charge < -0.3 is 34.6 Å². The lowest BCUT2D eigenvalue weighted by Gasteiger charge is -2.40. The molecule has 0 spiro atoms. The van der Waals surface area contributed by atoms with Gasteiger partial charge >= 0.3 is 6.03 Å². The summed E-state index contributed by atoms with van der Waals surface area (Å²) in [5.74, 6) is 1.42. The van der Waals surface area contributed by atoms with Gasteiger partial charge in [0.15, 0.2) is 11.5 Å². The van der Waals surface area contributed by atoms with E-state index in [1.165, 1.54) is 11.3 Å². The summed E-state index contributed by atoms with van der Waals surface area (Å²) < 4.78 is 16.2. The summed E-state index contributed by atoms with van der Waals surface area (Å²) in [5.41, 5.74) is 4.10. The van der Waals surface area contributed by atoms with E-state index in [2.05, 4.69) is 73.9 Å². The van der Waals surface area contributed by atoms with Gasteiger partial charge in [-0.05, 0) is 29.8 Å². The third-order valence-electron chi connectivity index (χ3n) is 7.05. The number of ether oxygens (including phenoxy) is 3. The summed E-state index contributed by atoms with van der Waals surface area (Å²) in [6.45, 7) is 4.10. The fourth-order valence-corrected chi connectivity index (χ4v) is 4.90. The fraction of sp³-hybridized carbons (Fsp3) is 0.367. The first-order valence-electron chi connectivity index (χ1n) is 13.1. The minimum absolute atomic E-state index is 0.0322. The average molecular weight is 534 g/mol. The summed E-state index contributed by atoms with van der Waals surface area (Å²) in [7, 11) is 8.70. The molecule has 0 bridgehead atoms. The van der Waals surface area contributed by atoms with Crippen molar-refractivity contribution in [3.8, 4) is 17.2 Å². The molecule has 3 aromatic rings. The van der Waals surface area contributed by atoms with E-state index in [0.717, 1.165) is 31.9 Å². The Morgan fingerprint density at radius 1 is 0.872 bits per heavy atom. The van der Waals surface area contributed by atoms with Gasteiger partial charge in [-0.3, -0.25) is 4.90 Å². The Bertz CT molecular complexity index is 1190. The molecular weight excluding hydrogens is 494 g/mol. The van der Waals surface area contributed by atoms with Crippen molar-refractivity contribution in [2.75, 3.05) is 83.3 Å². The van der Waals surface area contributed by atoms with E-state index in [0.29, 0.717) is 29.5 Å². The maximum atomic E-state index is 13.0. The van der Waals surface area contributed by atoms with Gasteiger partial charge in [0, 0.05) is 70.3 Å². The second-order valence-electron chi connectivity index (χ2n) is 9.61. The molecule has 0 radical (unpaired) electrons. The number of amides is 2. The molecule has 2 amide bonds. The molecule has 39 heavy (non-hydrogen) atoms. The average Bonchev–Trinajstić information content (AvgIpc) is 2.97. The van der Waals surface area contributed by atoms with E-state index >= 15 is 0 Å². The van der Waals surface area contributed by atoms with Crippen LogP contribution in [0.2, 0.25) is 0 Å². The van der Waals surface area contributed by atoms with Crippen molar-refractivity contribution < 1.29 is 19.0 Å². The van der Waals surface area contributed by atoms with Crippen LogP contribution in [-0.2, 0) is 0 Å². The molecule has 0 saturated carbocycles. The standard InChI is InChI=1S/C30H39N5O4/c1-33(2)24-13-11-22(12-14-24)26(35-17-15-34(16-18-35)25-9-7-6-8-10-25)21-31-30(36)32-23-19-27(37-3)29(39-5)28(20-23)38-4/h6-14,19-20,26H,15-18,21H2,1-5H3,(H2,31,32,36). The minimum atomic E-state index is -0.304. The zero-order chi connectivity index (χ0) is 27.8. The number of hydrogen-bond donors (Lipinski definition) is 2. The third-order valence-corrected chi connectivity index (χ3v) is 7.05. The van der Waals surface area contributed by atoms with Crippen LogP contribution in [0.5, 0.6) is 17.2 Å². The molecule has 0 aliphatic carbocycles. The zero-order valence-electron chi connectivity index (χ0n) is 23.4. The zero-order valence-corrected chi connectivity index (χ0v) is 23.4. The fourth-order valence-electron chi connectivity index (χ4n) is 4.90. The Balaban J connectivity index is 1.46. The van der Waals surface area contributed by atoms with Gasteiger partial charge in [0.05, 0.1) is 33.1 Å². The van der Waals surface area contributed by atoms with E-state index in [-0.39, 0.29) is 12.1 Å². The number of hydrogen-bond acceptors (Lipinski definition) is 7. The number of anilines is 3. The molecule has 9 heteroatoms. The first-order valence-corrected chi connectivity index (χ1v) is 13.1. The van der Waals surface area contributed by atoms with Crippen molar-refractivity contribution in [2.45, 2.75) is 6.04 Å². The van der Waals surface area contributed by atoms with Gasteiger partial charge in [-0.25, -0.2) is 4.79 Å². The molecule has 1 aliphatic rings. The topological polar surface area (TPSA) is 78.5 Å². The Hall–Kier alpha value is -4.11. The molecule has 0 aromatic heterocycles. The van der Waals surface area contributed by atoms with E-state index < -0.39 is 0 Å². The summed E-state index contributed by atoms with van der Waals surface area (Å²) in [6, 6.07) is 22.2. The Morgan fingerprint density at radius 2 is 1.49 bits per heavy atom. The highest BCUT2D eigenvalue weighted by molar-refractivity contribution is 5.90. The lowest BCUT2D eigenvalue weighted by molar-refractivity contribution is 0.182. The number of rotatable bonds is 10. The highest BCUT2D eigenvalue weighted by Gasteiger charge is 2.26. The second kappa shape index (κ2) is 13.1. The van der Waals surface area contributed by atoms with Crippen LogP contribution in [0.3, 0.4) is 0 Å². The molecule has 1 heterocycles. The van der Waals surface area contributed by atoms with Gasteiger partial charge in [0.25, 0.3) is 0 Å². The Kier molecular flexibility index (Phi) is 9.38. The van der Waals surface area contributed by atoms with Crippen LogP contribution in [0.25, 0.3) is 0 Å². The quantitative estimate of drug-likeness (QED) is 0.398. The van der Waals surface area contributed by atoms with Crippen molar-refractivity contribution in [3.63, 3.8) is 0 Å². The number of para-hydroxylation sites is 1. The van der Waals surface area contributed by atoms with Crippen LogP contribution in [-0.4, -0.2) is 79.1 Å². The van der Waals surface area contributed by atoms with Crippen LogP contribution in [0, 0.1) is 0 Å². The van der Waals surface area contributed by atoms with Crippen molar-refractivity contribution in [1.82, 2.24) is 10.2 Å². The van der Waals surface area contributed by atoms with E-state index in [1.54, 1.807) is 33.5 Å². The van der Waals surface area contributed by atoms with Gasteiger partial charge in [-0.15, -0.1) is 0 Å². The number of nitrogens with one attached hydrogen (secondary N) is 2. The minimum Gasteiger partial charge on any atom is -0.493 e. The van der Waals surface area contributed by atoms with E-state index in [1.807, 2.05) is 20.2 Å². The van der Waals surface area contributed by atoms with E-state index in [4.69, 9.17) is 14.2 Å². The highest BCUT2D eigenvalue weighted by Crippen LogP contribution is 2.40. The summed E-state index contributed by atoms with van der Waals surface area (Å²) in [4.78, 5) is 19.9. The van der Waals surface area contributed by atoms with Crippen molar-refractivity contribution in [1.29, 1.82) is 0 Å². The SMILES string of the molecule is COc1cc(NC(=O)NCC(c2ccc(N(C)C)cc2)N2CCN(c3ccccc3)CC2)cc(OC)c1OC. The predicted octanol–water partition coefficient (Wildman–Crippen LogP) is 4.46. The van der Waals surface area contributed by atoms with Crippen molar-refractivity contribution in [2.24, 2.45) is 0 Å². The van der Waals surface area contributed by atoms with Crippen LogP contribution >= 0.6 is 0 Å². The van der Waals surface area contributed by atoms with Crippen LogP contribution in [0.1, 0.15) is 11.6 Å². The summed E-state index contributed by atoms with van der Waals surface area (Å²) >= 11 is 0. The Labute approximate surface area is 231 Å². The monoisotopic (exact) mass is 533 g/mol. The number of piperazine rings is 1. The number of carbonyl (C=O) groups excluding carboxylic acids is 1. The number of methoxy groups -OCH3 is 3. The van der Waals surface area contributed by atoms with Crippen LogP contribution in [0.4, 0.5) is 21.9 Å². The molecule has 208 valence electrons. The normalized spacial score (nSPS) is 14.3. The second-order valence-corrected chi connectivity index (χ2v) is 9.61. The summed E-state index contributed by atoms with van der Waals surface area (Å²) in [5, 5.41) is 5.99. The molecule has 1 saturated heterocycles. The third kappa shape index (κ3) is 6.86. The van der Waals surface area contributed by atoms with Crippen LogP contribution in [0.15, 0.2) is 66.7 Å². The Morgan fingerprint density at radius 3 is 2.03 bits per heavy atom. The molecule has 4 rings (SSSR count). The first-order chi connectivity index (χ1) is 18.9. The van der Waals surface area contributed by atoms with Gasteiger partial charge in [0.2, 0.25) is 5.75 Å². The predicted molar refractivity (Wildman–Crippen MR) is 157 cm³/mol. The molecular formula is C30H39N5O4. The molecule has 9 nitrogen and oxygen atoms in total. The number of urea groups is 1. The lowest BCUT2D eigenvalue weighted by Crippen LogP contribution is -2.50. The van der Waals surface area contributed by atoms with Crippen LogP contribution < -0.4 is 34.6 Å². The molecule has 1 unspecified atom stereocenters. The molecule has 1 aliphatic heterocycles. The van der Waals surface area contributed by atoms with Crippen molar-refractivity contribution >= 4 is 23.1 Å². The molecule has 3 aromatic carbocycles. The largest absolute Gasteiger partial charge is 0.493 e. The van der Waals surface area contributed by atoms with Gasteiger partial charge in [-0.2, -0.15) is 0 Å². The van der Waals surface area contributed by atoms with Crippen molar-refractivity contribution in [3.05, 3.63) is 72.3 Å². The smallest absolute Gasteiger partial charge is 0.319 e. The van der Waals surface area contributed by atoms with Gasteiger partial charge in [-0.1, -0.05) is 30.3 Å². The maximum absolute atomic E-state index is 13.0. The highest BCUT2D eigenvalue weighted by atomic mass is 16.5. The molecule has 1 atom stereocenters. The number of nitrogens with zero attached hydrogens (tertiary/aromatic N) is 3. The molecule has 2 N–H and O–H groups in total. The number of benzene rings is 3. The van der Waals surface area contributed by atoms with Gasteiger partial charge in [0.1, 0.15) is 0 Å². The molecule has 1 fully saturated rings. The summed E-state index contributed by atoms with van der Waals surface area (Å²) in [6.07, 6.45) is 0. The van der Waals surface area contributed by atoms with E-state index in [9.17, 15) is 4.79 Å². The lowest BCUT2D eigenvalue weighted by atomic mass is 10.0.